The number of aliphatic hydroxyl groups is 2. The van der Waals surface area contributed by atoms with Crippen LogP contribution in [-0.4, -0.2) is 151 Å². The lowest BCUT2D eigenvalue weighted by atomic mass is 9.95. The SMILES string of the molecule is [2H]C(CCCCCCCCCCCCC)O[C@H]1C(OCC(=O)O)O[C@H](CO[C@@H]2O[C@H](CO)[C@@H](OP(=O)(O)O)[C@H](OCC[C@@H](CCCCCCC)OC)[C@H]2NC(=O)CCCCCCCCC/C=C\CCCCCC)[C@@H](O)[C@@H]1OCCCCCCCCCCCC. The number of allylic oxidation sites excluding steroid dienone is 2. The molecule has 2 aliphatic rings. The number of aliphatic carboxylic acids is 1. The maximum atomic E-state index is 14.1. The van der Waals surface area contributed by atoms with Gasteiger partial charge in [-0.3, -0.25) is 9.32 Å². The molecule has 0 aromatic rings. The van der Waals surface area contributed by atoms with Gasteiger partial charge in [0.1, 0.15) is 55.4 Å². The largest absolute Gasteiger partial charge is 0.480 e. The summed E-state index contributed by atoms with van der Waals surface area (Å²) < 4.78 is 77.2. The number of carboxylic acids is 1. The van der Waals surface area contributed by atoms with Gasteiger partial charge >= 0.3 is 13.8 Å². The van der Waals surface area contributed by atoms with E-state index in [0.29, 0.717) is 25.7 Å². The Hall–Kier alpha value is -1.61. The Kier molecular flexibility index (Phi) is 51.1. The van der Waals surface area contributed by atoms with Gasteiger partial charge in [-0.25, -0.2) is 9.36 Å². The Bertz CT molecular complexity index is 1740. The third-order valence-electron chi connectivity index (χ3n) is 17.2. The molecule has 2 fully saturated rings. The summed E-state index contributed by atoms with van der Waals surface area (Å²) in [5.41, 5.74) is 0. The maximum Gasteiger partial charge on any atom is 0.470 e. The highest BCUT2D eigenvalue weighted by Gasteiger charge is 2.52. The Morgan fingerprint density at radius 2 is 1.00 bits per heavy atom. The van der Waals surface area contributed by atoms with E-state index in [0.717, 1.165) is 141 Å². The fourth-order valence-electron chi connectivity index (χ4n) is 11.9. The molecular formula is C69H132NO17P. The van der Waals surface area contributed by atoms with Crippen molar-refractivity contribution in [2.45, 2.75) is 371 Å². The minimum Gasteiger partial charge on any atom is -0.480 e. The van der Waals surface area contributed by atoms with Crippen molar-refractivity contribution in [1.29, 1.82) is 0 Å². The lowest BCUT2D eigenvalue weighted by molar-refractivity contribution is -0.330. The van der Waals surface area contributed by atoms with Crippen LogP contribution in [0.15, 0.2) is 12.2 Å². The van der Waals surface area contributed by atoms with Crippen LogP contribution in [-0.2, 0) is 56.6 Å². The second kappa shape index (κ2) is 55.8. The van der Waals surface area contributed by atoms with Crippen LogP contribution in [0.25, 0.3) is 0 Å². The Balaban J connectivity index is 2.39. The molecule has 6 N–H and O–H groups in total. The molecule has 2 saturated heterocycles. The van der Waals surface area contributed by atoms with Gasteiger partial charge < -0.3 is 68.3 Å². The second-order valence-corrected chi connectivity index (χ2v) is 26.3. The zero-order valence-electron chi connectivity index (χ0n) is 57.1. The number of unbranched alkanes of at least 4 members (excludes halogenated alkanes) is 34. The van der Waals surface area contributed by atoms with Gasteiger partial charge in [-0.2, -0.15) is 0 Å². The van der Waals surface area contributed by atoms with Crippen LogP contribution in [0.2, 0.25) is 0 Å². The number of carbonyl (C=O) groups is 2. The molecule has 2 aliphatic heterocycles. The lowest BCUT2D eigenvalue weighted by Crippen LogP contribution is -2.67. The van der Waals surface area contributed by atoms with Crippen molar-refractivity contribution in [2.24, 2.45) is 0 Å². The minimum atomic E-state index is -5.26. The van der Waals surface area contributed by atoms with Crippen molar-refractivity contribution in [1.82, 2.24) is 5.32 Å². The molecule has 88 heavy (non-hydrogen) atoms. The van der Waals surface area contributed by atoms with Crippen LogP contribution in [0, 0.1) is 0 Å². The highest BCUT2D eigenvalue weighted by atomic mass is 31.2. The first-order chi connectivity index (χ1) is 43.2. The number of rotatable bonds is 62. The molecule has 0 radical (unpaired) electrons. The molecule has 19 heteroatoms. The zero-order chi connectivity index (χ0) is 65.0. The second-order valence-electron chi connectivity index (χ2n) is 25.1. The van der Waals surface area contributed by atoms with Gasteiger partial charge in [0, 0.05) is 33.3 Å². The molecule has 0 spiro atoms. The molecule has 12 atom stereocenters. The summed E-state index contributed by atoms with van der Waals surface area (Å²) in [5, 5.41) is 36.0. The Morgan fingerprint density at radius 3 is 1.51 bits per heavy atom. The number of amides is 1. The van der Waals surface area contributed by atoms with Gasteiger partial charge in [-0.15, -0.1) is 0 Å². The van der Waals surface area contributed by atoms with Gasteiger partial charge in [-0.05, 0) is 57.8 Å². The van der Waals surface area contributed by atoms with E-state index in [-0.39, 0.29) is 25.7 Å². The van der Waals surface area contributed by atoms with E-state index < -0.39 is 107 Å². The predicted octanol–water partition coefficient (Wildman–Crippen LogP) is 15.5. The van der Waals surface area contributed by atoms with Crippen LogP contribution in [0.3, 0.4) is 0 Å². The van der Waals surface area contributed by atoms with Crippen molar-refractivity contribution in [3.8, 4) is 0 Å². The molecule has 0 aliphatic carbocycles. The summed E-state index contributed by atoms with van der Waals surface area (Å²) in [7, 11) is -3.64. The molecule has 0 bridgehead atoms. The molecule has 2 rings (SSSR count). The third-order valence-corrected chi connectivity index (χ3v) is 17.7. The number of ether oxygens (including phenoxy) is 8. The quantitative estimate of drug-likeness (QED) is 0.0188. The smallest absolute Gasteiger partial charge is 0.470 e. The number of nitrogens with one attached hydrogen (secondary N) is 1. The molecule has 2 unspecified atom stereocenters. The van der Waals surface area contributed by atoms with Crippen molar-refractivity contribution in [3.05, 3.63) is 12.2 Å². The van der Waals surface area contributed by atoms with Gasteiger partial charge in [0.05, 0.1) is 20.7 Å². The van der Waals surface area contributed by atoms with Crippen molar-refractivity contribution in [2.75, 3.05) is 46.7 Å². The van der Waals surface area contributed by atoms with E-state index in [9.17, 15) is 39.3 Å². The predicted molar refractivity (Wildman–Crippen MR) is 349 cm³/mol. The number of carboxylic acid groups (broad SMARTS) is 1. The molecule has 520 valence electrons. The maximum absolute atomic E-state index is 14.1. The summed E-state index contributed by atoms with van der Waals surface area (Å²) in [6.07, 6.45) is 36.9. The molecule has 18 nitrogen and oxygen atoms in total. The summed E-state index contributed by atoms with van der Waals surface area (Å²) in [6.45, 7) is 6.00. The monoisotopic (exact) mass is 1280 g/mol. The normalized spacial score (nSPS) is 23.4. The third kappa shape index (κ3) is 41.2. The van der Waals surface area contributed by atoms with Crippen LogP contribution in [0.1, 0.15) is 305 Å². The number of methoxy groups -OCH3 is 1. The van der Waals surface area contributed by atoms with Crippen molar-refractivity contribution >= 4 is 19.7 Å². The number of hydrogen-bond acceptors (Lipinski definition) is 14. The Labute approximate surface area is 536 Å². The number of phosphoric acid groups is 1. The first-order valence-electron chi connectivity index (χ1n) is 36.4. The number of aliphatic hydroxyl groups excluding tert-OH is 2. The van der Waals surface area contributed by atoms with Crippen molar-refractivity contribution < 1.29 is 83.0 Å². The molecule has 0 aromatic heterocycles. The van der Waals surface area contributed by atoms with Gasteiger partial charge in [-0.1, -0.05) is 252 Å². The van der Waals surface area contributed by atoms with Crippen LogP contribution >= 0.6 is 7.82 Å². The standard InChI is InChI=1S/C69H132NO17P/c1-6-10-14-18-21-24-27-29-30-31-32-34-37-41-45-49-60(72)70-62-65(82-53-50-57(79-5)48-44-40-17-13-9-4)64(87-88(76,77)78)58(54-71)85-68(62)83-55-59-63(75)66(80-51-46-42-38-35-26-23-20-16-12-8-3)67(69(86-59)84-56-61(73)74)81-52-47-43-39-36-33-28-25-22-19-15-11-7-2/h24,27,57-59,62-69,71,75H,6-23,25-26,28-56H2,1-5H3,(H,70,72)(H,73,74)(H2,76,77,78)/b27-24-/t57-,58-,59-,62-,63-,64-,65-,66+,67-,68-,69?/m1/s1/i52D/t52?,57-,58-,59-,62-,63-,64-,65-,66+,67-,68-,69?. The fraction of sp³-hybridized carbons (Fsp3) is 0.942. The van der Waals surface area contributed by atoms with E-state index in [2.05, 4.69) is 45.2 Å². The van der Waals surface area contributed by atoms with Gasteiger partial charge in [0.25, 0.3) is 0 Å². The average molecular weight is 1280 g/mol. The summed E-state index contributed by atoms with van der Waals surface area (Å²) >= 11 is 0. The summed E-state index contributed by atoms with van der Waals surface area (Å²) in [4.78, 5) is 46.7. The fourth-order valence-corrected chi connectivity index (χ4v) is 12.4. The molecule has 1 amide bonds. The minimum absolute atomic E-state index is 0.0223. The highest BCUT2D eigenvalue weighted by Crippen LogP contribution is 2.42. The first-order valence-corrected chi connectivity index (χ1v) is 37.3. The van der Waals surface area contributed by atoms with E-state index in [1.165, 1.54) is 103 Å². The lowest BCUT2D eigenvalue weighted by Gasteiger charge is -2.47. The van der Waals surface area contributed by atoms with E-state index in [1.807, 2.05) is 0 Å². The summed E-state index contributed by atoms with van der Waals surface area (Å²) in [6, 6.07) is -1.28. The number of hydrogen-bond donors (Lipinski definition) is 6. The molecule has 0 aromatic carbocycles. The number of phosphoric ester groups is 1. The van der Waals surface area contributed by atoms with E-state index in [1.54, 1.807) is 7.11 Å². The highest BCUT2D eigenvalue weighted by molar-refractivity contribution is 7.46. The van der Waals surface area contributed by atoms with Crippen molar-refractivity contribution in [3.63, 3.8) is 0 Å². The molecule has 0 saturated carbocycles. The topological polar surface area (TPSA) is 247 Å². The molecular weight excluding hydrogens is 1150 g/mol. The summed E-state index contributed by atoms with van der Waals surface area (Å²) in [5.74, 6) is -1.66. The van der Waals surface area contributed by atoms with Gasteiger partial charge in [0.2, 0.25) is 5.91 Å². The Morgan fingerprint density at radius 1 is 0.534 bits per heavy atom. The van der Waals surface area contributed by atoms with E-state index in [4.69, 9.17) is 43.8 Å². The molecule has 2 heterocycles. The number of carbonyl (C=O) groups excluding carboxylic acids is 1. The van der Waals surface area contributed by atoms with Crippen LogP contribution in [0.5, 0.6) is 0 Å². The van der Waals surface area contributed by atoms with E-state index >= 15 is 0 Å². The zero-order valence-corrected chi connectivity index (χ0v) is 57.0. The van der Waals surface area contributed by atoms with Gasteiger partial charge in [0.15, 0.2) is 12.6 Å². The van der Waals surface area contributed by atoms with Crippen LogP contribution in [0.4, 0.5) is 0 Å². The first kappa shape index (κ1) is 80.6. The van der Waals surface area contributed by atoms with Crippen LogP contribution < -0.4 is 5.32 Å². The average Bonchev–Trinajstić information content (AvgIpc) is 1.09.